The zero-order chi connectivity index (χ0) is 12.7. The molecule has 0 aromatic heterocycles. The predicted octanol–water partition coefficient (Wildman–Crippen LogP) is 5.13. The van der Waals surface area contributed by atoms with Gasteiger partial charge >= 0.3 is 0 Å². The second-order valence-corrected chi connectivity index (χ2v) is 15.5. The van der Waals surface area contributed by atoms with Gasteiger partial charge in [-0.3, -0.25) is 4.99 Å². The van der Waals surface area contributed by atoms with Crippen LogP contribution in [-0.2, 0) is 0 Å². The molecule has 0 amide bonds. The van der Waals surface area contributed by atoms with E-state index in [1.165, 1.54) is 50.7 Å². The molecule has 1 aliphatic rings. The van der Waals surface area contributed by atoms with Crippen LogP contribution < -0.4 is 0 Å². The Hall–Kier alpha value is 0.237. The number of aliphatic imine (C=N–C) groups is 1. The van der Waals surface area contributed by atoms with E-state index in [1.807, 2.05) is 0 Å². The average Bonchev–Trinajstić information content (AvgIpc) is 2.63. The van der Waals surface area contributed by atoms with E-state index in [-0.39, 0.29) is 0 Å². The molecular formula is C14H29NSSi. The van der Waals surface area contributed by atoms with Gasteiger partial charge in [-0.1, -0.05) is 45.8 Å². The lowest BCUT2D eigenvalue weighted by molar-refractivity contribution is 0.674. The van der Waals surface area contributed by atoms with Gasteiger partial charge in [0.05, 0.1) is 0 Å². The molecule has 17 heavy (non-hydrogen) atoms. The number of nitrogens with zero attached hydrogens (tertiary/aromatic N) is 1. The molecule has 1 saturated carbocycles. The molecule has 0 aromatic carbocycles. The summed E-state index contributed by atoms with van der Waals surface area (Å²) < 4.78 is 0. The highest BCUT2D eigenvalue weighted by molar-refractivity contribution is 8.29. The Morgan fingerprint density at radius 1 is 1.24 bits per heavy atom. The minimum absolute atomic E-state index is 0.771. The highest BCUT2D eigenvalue weighted by Gasteiger charge is 2.28. The SMILES string of the molecule is CCCCCC/N=C1\CCCC1S[Si](C)(C)C. The van der Waals surface area contributed by atoms with E-state index in [0.717, 1.165) is 11.8 Å². The van der Waals surface area contributed by atoms with Crippen LogP contribution in [0.25, 0.3) is 0 Å². The van der Waals surface area contributed by atoms with Gasteiger partial charge in [0.2, 0.25) is 0 Å². The Bertz CT molecular complexity index is 245. The van der Waals surface area contributed by atoms with Crippen molar-refractivity contribution in [2.24, 2.45) is 4.99 Å². The van der Waals surface area contributed by atoms with Gasteiger partial charge in [-0.2, -0.15) is 11.2 Å². The van der Waals surface area contributed by atoms with Gasteiger partial charge in [-0.15, -0.1) is 0 Å². The van der Waals surface area contributed by atoms with Crippen molar-refractivity contribution < 1.29 is 0 Å². The van der Waals surface area contributed by atoms with Crippen molar-refractivity contribution in [2.45, 2.75) is 76.8 Å². The van der Waals surface area contributed by atoms with E-state index in [2.05, 4.69) is 37.8 Å². The molecule has 3 heteroatoms. The molecule has 0 aromatic rings. The Labute approximate surface area is 113 Å². The lowest BCUT2D eigenvalue weighted by Gasteiger charge is -2.21. The van der Waals surface area contributed by atoms with Crippen molar-refractivity contribution in [1.82, 2.24) is 0 Å². The molecule has 1 aliphatic carbocycles. The smallest absolute Gasteiger partial charge is 0.109 e. The molecule has 1 rings (SSSR count). The van der Waals surface area contributed by atoms with Gasteiger partial charge < -0.3 is 0 Å². The van der Waals surface area contributed by atoms with E-state index in [0.29, 0.717) is 0 Å². The van der Waals surface area contributed by atoms with Gasteiger partial charge in [0.15, 0.2) is 0 Å². The summed E-state index contributed by atoms with van der Waals surface area (Å²) in [6, 6.07) is 0. The average molecular weight is 272 g/mol. The maximum Gasteiger partial charge on any atom is 0.109 e. The summed E-state index contributed by atoms with van der Waals surface area (Å²) in [6.45, 7) is 10.7. The summed E-state index contributed by atoms with van der Waals surface area (Å²) in [5.74, 6) is 0. The molecule has 0 radical (unpaired) electrons. The summed E-state index contributed by atoms with van der Waals surface area (Å²) in [6.07, 6.45) is 9.37. The van der Waals surface area contributed by atoms with Crippen molar-refractivity contribution in [1.29, 1.82) is 0 Å². The molecule has 1 fully saturated rings. The van der Waals surface area contributed by atoms with Gasteiger partial charge in [0, 0.05) is 17.5 Å². The van der Waals surface area contributed by atoms with Crippen molar-refractivity contribution in [3.8, 4) is 0 Å². The van der Waals surface area contributed by atoms with Crippen molar-refractivity contribution in [2.75, 3.05) is 6.54 Å². The van der Waals surface area contributed by atoms with Gasteiger partial charge in [-0.25, -0.2) is 0 Å². The summed E-state index contributed by atoms with van der Waals surface area (Å²) in [5, 5.41) is 0.771. The molecule has 1 nitrogen and oxygen atoms in total. The number of hydrogen-bond donors (Lipinski definition) is 0. The van der Waals surface area contributed by atoms with Crippen molar-refractivity contribution in [3.63, 3.8) is 0 Å². The maximum atomic E-state index is 4.88. The topological polar surface area (TPSA) is 12.4 Å². The first-order valence-corrected chi connectivity index (χ1v) is 12.3. The van der Waals surface area contributed by atoms with Crippen LogP contribution in [0.1, 0.15) is 51.9 Å². The predicted molar refractivity (Wildman–Crippen MR) is 85.0 cm³/mol. The molecule has 0 spiro atoms. The number of hydrogen-bond acceptors (Lipinski definition) is 2. The van der Waals surface area contributed by atoms with Gasteiger partial charge in [0.25, 0.3) is 0 Å². The summed E-state index contributed by atoms with van der Waals surface area (Å²) in [7, 11) is -0.988. The zero-order valence-corrected chi connectivity index (χ0v) is 13.9. The van der Waals surface area contributed by atoms with Crippen LogP contribution >= 0.6 is 11.2 Å². The largest absolute Gasteiger partial charge is 0.293 e. The van der Waals surface area contributed by atoms with E-state index in [1.54, 1.807) is 0 Å². The maximum absolute atomic E-state index is 4.88. The lowest BCUT2D eigenvalue weighted by Crippen LogP contribution is -2.23. The van der Waals surface area contributed by atoms with Crippen LogP contribution in [0, 0.1) is 0 Å². The highest BCUT2D eigenvalue weighted by atomic mass is 32.4. The third-order valence-corrected chi connectivity index (χ3v) is 7.57. The van der Waals surface area contributed by atoms with Crippen LogP contribution in [0.2, 0.25) is 19.6 Å². The molecule has 100 valence electrons. The van der Waals surface area contributed by atoms with Crippen LogP contribution in [0.15, 0.2) is 4.99 Å². The fourth-order valence-electron chi connectivity index (χ4n) is 2.29. The van der Waals surface area contributed by atoms with E-state index in [9.17, 15) is 0 Å². The highest BCUT2D eigenvalue weighted by Crippen LogP contribution is 2.34. The molecule has 1 atom stereocenters. The van der Waals surface area contributed by atoms with Gasteiger partial charge in [0.1, 0.15) is 7.22 Å². The van der Waals surface area contributed by atoms with Gasteiger partial charge in [-0.05, 0) is 25.7 Å². The summed E-state index contributed by atoms with van der Waals surface area (Å²) in [4.78, 5) is 4.88. The Morgan fingerprint density at radius 3 is 2.65 bits per heavy atom. The molecule has 1 unspecified atom stereocenters. The third-order valence-electron chi connectivity index (χ3n) is 3.09. The normalized spacial score (nSPS) is 23.5. The second kappa shape index (κ2) is 7.62. The molecule has 0 saturated heterocycles. The summed E-state index contributed by atoms with van der Waals surface area (Å²) >= 11 is 2.25. The fourth-order valence-corrected chi connectivity index (χ4v) is 7.08. The third kappa shape index (κ3) is 6.66. The van der Waals surface area contributed by atoms with Crippen LogP contribution in [0.3, 0.4) is 0 Å². The Balaban J connectivity index is 2.32. The minimum atomic E-state index is -0.988. The molecule has 0 N–H and O–H groups in total. The molecule has 0 heterocycles. The quantitative estimate of drug-likeness (QED) is 0.462. The number of unbranched alkanes of at least 4 members (excludes halogenated alkanes) is 3. The minimum Gasteiger partial charge on any atom is -0.293 e. The molecule has 0 aliphatic heterocycles. The van der Waals surface area contributed by atoms with E-state index < -0.39 is 7.22 Å². The second-order valence-electron chi connectivity index (χ2n) is 6.04. The van der Waals surface area contributed by atoms with Crippen molar-refractivity contribution >= 4 is 24.1 Å². The first-order valence-electron chi connectivity index (χ1n) is 7.24. The zero-order valence-electron chi connectivity index (χ0n) is 12.1. The first kappa shape index (κ1) is 15.3. The molecular weight excluding hydrogens is 242 g/mol. The Morgan fingerprint density at radius 2 is 2.00 bits per heavy atom. The van der Waals surface area contributed by atoms with Crippen LogP contribution in [0.4, 0.5) is 0 Å². The van der Waals surface area contributed by atoms with Crippen molar-refractivity contribution in [3.05, 3.63) is 0 Å². The first-order chi connectivity index (χ1) is 8.03. The molecule has 0 bridgehead atoms. The summed E-state index contributed by atoms with van der Waals surface area (Å²) in [5.41, 5.74) is 1.54. The Kier molecular flexibility index (Phi) is 6.86. The van der Waals surface area contributed by atoms with Crippen LogP contribution in [0.5, 0.6) is 0 Å². The van der Waals surface area contributed by atoms with E-state index >= 15 is 0 Å². The monoisotopic (exact) mass is 271 g/mol. The standard InChI is InChI=1S/C14H29NSSi/c1-5-6-7-8-12-15-13-10-9-11-14(13)16-17(2,3)4/h14H,5-12H2,1-4H3/b15-13+. The van der Waals surface area contributed by atoms with Crippen LogP contribution in [-0.4, -0.2) is 24.7 Å². The number of rotatable bonds is 7. The fraction of sp³-hybridized carbons (Fsp3) is 0.929. The van der Waals surface area contributed by atoms with E-state index in [4.69, 9.17) is 4.99 Å². The lowest BCUT2D eigenvalue weighted by atomic mass is 10.2.